The van der Waals surface area contributed by atoms with Crippen molar-refractivity contribution in [2.45, 2.75) is 7.43 Å². The summed E-state index contributed by atoms with van der Waals surface area (Å²) in [6, 6.07) is 0. The van der Waals surface area contributed by atoms with E-state index in [0.29, 0.717) is 0 Å². The zero-order valence-electron chi connectivity index (χ0n) is 1.52. The SMILES string of the molecule is C.C=S=O. The van der Waals surface area contributed by atoms with Crippen molar-refractivity contribution in [2.75, 3.05) is 0 Å². The van der Waals surface area contributed by atoms with E-state index in [4.69, 9.17) is 4.21 Å². The van der Waals surface area contributed by atoms with Crippen LogP contribution in [0.1, 0.15) is 7.43 Å². The molecular formula is C2H6OS. The topological polar surface area (TPSA) is 17.1 Å². The summed E-state index contributed by atoms with van der Waals surface area (Å²) in [5, 5.41) is 0. The predicted octanol–water partition coefficient (Wildman–Crippen LogP) is 0.268. The van der Waals surface area contributed by atoms with Crippen LogP contribution in [-0.4, -0.2) is 10.1 Å². The van der Waals surface area contributed by atoms with Gasteiger partial charge in [-0.25, -0.2) is 4.21 Å². The van der Waals surface area contributed by atoms with Crippen molar-refractivity contribution >= 4 is 17.1 Å². The van der Waals surface area contributed by atoms with Crippen LogP contribution in [0, 0.1) is 0 Å². The Hall–Kier alpha value is -0.110. The third-order valence-corrected chi connectivity index (χ3v) is 0. The molecule has 0 heterocycles. The second-order valence-corrected chi connectivity index (χ2v) is 0.354. The Morgan fingerprint density at radius 1 is 1.75 bits per heavy atom. The molecule has 0 spiro atoms. The normalized spacial score (nSPS) is 3.00. The largest absolute Gasteiger partial charge is 0.213 e. The monoisotopic (exact) mass is 78.0 g/mol. The molecule has 0 N–H and O–H groups in total. The van der Waals surface area contributed by atoms with Crippen LogP contribution in [0.25, 0.3) is 0 Å². The smallest absolute Gasteiger partial charge is 0.0805 e. The van der Waals surface area contributed by atoms with Crippen molar-refractivity contribution in [2.24, 2.45) is 0 Å². The summed E-state index contributed by atoms with van der Waals surface area (Å²) in [6.45, 7) is 0. The second-order valence-electron chi connectivity index (χ2n) is 0.118. The van der Waals surface area contributed by atoms with E-state index in [-0.39, 0.29) is 18.7 Å². The Balaban J connectivity index is 0. The van der Waals surface area contributed by atoms with Gasteiger partial charge in [0.15, 0.2) is 0 Å². The number of hydrogen-bond acceptors (Lipinski definition) is 1. The molecule has 0 aliphatic rings. The molecule has 0 aromatic carbocycles. The maximum atomic E-state index is 8.74. The first-order valence-electron chi connectivity index (χ1n) is 0.455. The van der Waals surface area contributed by atoms with Gasteiger partial charge in [0, 0.05) is 0 Å². The Labute approximate surface area is 29.7 Å². The minimum absolute atomic E-state index is 0. The first-order chi connectivity index (χ1) is 1.41. The summed E-state index contributed by atoms with van der Waals surface area (Å²) < 4.78 is 8.74. The van der Waals surface area contributed by atoms with Crippen molar-refractivity contribution < 1.29 is 4.21 Å². The van der Waals surface area contributed by atoms with Gasteiger partial charge in [-0.15, -0.1) is 0 Å². The zero-order valence-corrected chi connectivity index (χ0v) is 2.34. The minimum Gasteiger partial charge on any atom is -0.213 e. The molecule has 0 bridgehead atoms. The molecule has 0 fully saturated rings. The van der Waals surface area contributed by atoms with Gasteiger partial charge < -0.3 is 0 Å². The van der Waals surface area contributed by atoms with E-state index in [1.165, 1.54) is 0 Å². The van der Waals surface area contributed by atoms with E-state index in [0.717, 1.165) is 0 Å². The first kappa shape index (κ1) is 9.10. The van der Waals surface area contributed by atoms with Gasteiger partial charge in [0.2, 0.25) is 0 Å². The highest BCUT2D eigenvalue weighted by Gasteiger charge is 0.995. The fraction of sp³-hybridized carbons (Fsp3) is 0.500. The van der Waals surface area contributed by atoms with Crippen LogP contribution in [0.15, 0.2) is 0 Å². The molecule has 2 heteroatoms. The van der Waals surface area contributed by atoms with Crippen molar-refractivity contribution in [1.82, 2.24) is 0 Å². The van der Waals surface area contributed by atoms with Crippen LogP contribution in [0.5, 0.6) is 0 Å². The molecule has 0 rings (SSSR count). The van der Waals surface area contributed by atoms with Gasteiger partial charge >= 0.3 is 0 Å². The van der Waals surface area contributed by atoms with Gasteiger partial charge in [-0.2, -0.15) is 0 Å². The summed E-state index contributed by atoms with van der Waals surface area (Å²) in [7, 11) is 0. The van der Waals surface area contributed by atoms with E-state index in [9.17, 15) is 0 Å². The lowest BCUT2D eigenvalue weighted by atomic mass is 12.0. The molecule has 0 saturated heterocycles. The lowest BCUT2D eigenvalue weighted by molar-refractivity contribution is 0.701. The molecule has 0 saturated carbocycles. The van der Waals surface area contributed by atoms with Gasteiger partial charge in [0.05, 0.1) is 11.3 Å². The number of hydrogen-bond donors (Lipinski definition) is 0. The van der Waals surface area contributed by atoms with Crippen LogP contribution < -0.4 is 0 Å². The van der Waals surface area contributed by atoms with Crippen LogP contribution >= 0.6 is 0 Å². The molecule has 0 radical (unpaired) electrons. The third-order valence-electron chi connectivity index (χ3n) is 0. The molecule has 0 aliphatic carbocycles. The van der Waals surface area contributed by atoms with Crippen LogP contribution in [-0.2, 0) is 11.3 Å². The fourth-order valence-corrected chi connectivity index (χ4v) is 0. The predicted molar refractivity (Wildman–Crippen MR) is 22.0 cm³/mol. The molecule has 0 aromatic heterocycles. The molecule has 4 heavy (non-hydrogen) atoms. The molecule has 0 unspecified atom stereocenters. The minimum atomic E-state index is 0. The summed E-state index contributed by atoms with van der Waals surface area (Å²) >= 11 is 0.250. The van der Waals surface area contributed by atoms with Gasteiger partial charge in [-0.3, -0.25) is 0 Å². The Morgan fingerprint density at radius 3 is 1.75 bits per heavy atom. The average molecular weight is 78.1 g/mol. The first-order valence-corrected chi connectivity index (χ1v) is 1.37. The molecule has 0 aromatic rings. The Kier molecular flexibility index (Phi) is 29.6. The molecule has 0 atom stereocenters. The lowest BCUT2D eigenvalue weighted by Gasteiger charge is -1.02. The van der Waals surface area contributed by atoms with E-state index >= 15 is 0 Å². The molecule has 0 aliphatic heterocycles. The molecule has 1 nitrogen and oxygen atoms in total. The quantitative estimate of drug-likeness (QED) is 0.380. The van der Waals surface area contributed by atoms with E-state index < -0.39 is 0 Å². The highest BCUT2D eigenvalue weighted by molar-refractivity contribution is 7.63. The molecule has 0 amide bonds. The van der Waals surface area contributed by atoms with E-state index in [1.807, 2.05) is 0 Å². The zero-order chi connectivity index (χ0) is 2.71. The third kappa shape index (κ3) is 124. The van der Waals surface area contributed by atoms with Crippen molar-refractivity contribution in [3.8, 4) is 0 Å². The van der Waals surface area contributed by atoms with Crippen LogP contribution in [0.3, 0.4) is 0 Å². The molecular weight excluding hydrogens is 72.1 g/mol. The fourth-order valence-electron chi connectivity index (χ4n) is 0. The summed E-state index contributed by atoms with van der Waals surface area (Å²) in [6.07, 6.45) is 0. The summed E-state index contributed by atoms with van der Waals surface area (Å²) in [5.41, 5.74) is 0. The number of rotatable bonds is 0. The molecule has 26 valence electrons. The summed E-state index contributed by atoms with van der Waals surface area (Å²) in [5.74, 6) is 2.85. The Morgan fingerprint density at radius 2 is 1.75 bits per heavy atom. The lowest BCUT2D eigenvalue weighted by Crippen LogP contribution is -1.17. The van der Waals surface area contributed by atoms with E-state index in [1.54, 1.807) is 0 Å². The van der Waals surface area contributed by atoms with Crippen LogP contribution in [0.4, 0.5) is 0 Å². The highest BCUT2D eigenvalue weighted by Crippen LogP contribution is 0.858. The highest BCUT2D eigenvalue weighted by atomic mass is 32.1. The van der Waals surface area contributed by atoms with Gasteiger partial charge in [-0.05, 0) is 5.87 Å². The van der Waals surface area contributed by atoms with Gasteiger partial charge in [0.1, 0.15) is 0 Å². The van der Waals surface area contributed by atoms with Gasteiger partial charge in [0.25, 0.3) is 0 Å². The van der Waals surface area contributed by atoms with Crippen molar-refractivity contribution in [1.29, 1.82) is 0 Å². The van der Waals surface area contributed by atoms with Gasteiger partial charge in [-0.1, -0.05) is 7.43 Å². The standard InChI is InChI=1S/CH2OS.CH4/c1-3-2;/h1H2;1H4. The maximum Gasteiger partial charge on any atom is 0.0805 e. The van der Waals surface area contributed by atoms with E-state index in [2.05, 4.69) is 5.87 Å². The van der Waals surface area contributed by atoms with Crippen molar-refractivity contribution in [3.63, 3.8) is 0 Å². The average Bonchev–Trinajstić information content (AvgIpc) is 0.918. The van der Waals surface area contributed by atoms with Crippen LogP contribution in [0.2, 0.25) is 0 Å². The second kappa shape index (κ2) is 13.0. The maximum absolute atomic E-state index is 8.74. The van der Waals surface area contributed by atoms with Crippen molar-refractivity contribution in [3.05, 3.63) is 0 Å². The summed E-state index contributed by atoms with van der Waals surface area (Å²) in [4.78, 5) is 0. The Bertz CT molecular complexity index is 27.0.